The average Bonchev–Trinajstić information content (AvgIpc) is 2.57. The van der Waals surface area contributed by atoms with Crippen LogP contribution in [-0.2, 0) is 11.3 Å². The number of amides is 1. The van der Waals surface area contributed by atoms with Gasteiger partial charge in [-0.3, -0.25) is 9.59 Å². The van der Waals surface area contributed by atoms with Gasteiger partial charge in [0, 0.05) is 30.7 Å². The molecule has 0 N–H and O–H groups in total. The van der Waals surface area contributed by atoms with Gasteiger partial charge >= 0.3 is 6.18 Å². The van der Waals surface area contributed by atoms with Gasteiger partial charge < -0.3 is 9.47 Å². The van der Waals surface area contributed by atoms with Gasteiger partial charge in [0.1, 0.15) is 6.54 Å². The molecule has 24 heavy (non-hydrogen) atoms. The number of likely N-dealkylation sites (tertiary alicyclic amines) is 1. The molecule has 0 spiro atoms. The Labute approximate surface area is 136 Å². The standard InChI is InChI=1S/C17H17F3N2O2/c18-17(19,20)12-4-3-8-22(10-12)16(24)11-21-9-7-15(23)13-5-1-2-6-14(13)21/h1-2,5-7,9,12H,3-4,8,10-11H2/t12-/m0/s1. The van der Waals surface area contributed by atoms with Crippen molar-refractivity contribution in [2.75, 3.05) is 13.1 Å². The van der Waals surface area contributed by atoms with E-state index in [4.69, 9.17) is 0 Å². The molecule has 2 heterocycles. The average molecular weight is 338 g/mol. The van der Waals surface area contributed by atoms with Gasteiger partial charge in [-0.1, -0.05) is 12.1 Å². The smallest absolute Gasteiger partial charge is 0.341 e. The molecule has 0 saturated carbocycles. The fraction of sp³-hybridized carbons (Fsp3) is 0.412. The second kappa shape index (κ2) is 6.30. The lowest BCUT2D eigenvalue weighted by atomic mass is 9.97. The summed E-state index contributed by atoms with van der Waals surface area (Å²) in [6.07, 6.45) is -2.36. The molecule has 1 aromatic carbocycles. The van der Waals surface area contributed by atoms with E-state index in [-0.39, 0.29) is 30.8 Å². The van der Waals surface area contributed by atoms with Crippen molar-refractivity contribution in [3.05, 3.63) is 46.8 Å². The number of carbonyl (C=O) groups excluding carboxylic acids is 1. The minimum Gasteiger partial charge on any atom is -0.341 e. The summed E-state index contributed by atoms with van der Waals surface area (Å²) in [7, 11) is 0. The third kappa shape index (κ3) is 3.29. The number of pyridine rings is 1. The van der Waals surface area contributed by atoms with Crippen LogP contribution in [-0.4, -0.2) is 34.6 Å². The second-order valence-corrected chi connectivity index (χ2v) is 6.05. The number of alkyl halides is 3. The van der Waals surface area contributed by atoms with Crippen LogP contribution >= 0.6 is 0 Å². The maximum Gasteiger partial charge on any atom is 0.393 e. The third-order valence-corrected chi connectivity index (χ3v) is 4.43. The summed E-state index contributed by atoms with van der Waals surface area (Å²) in [6, 6.07) is 8.24. The molecule has 0 unspecified atom stereocenters. The largest absolute Gasteiger partial charge is 0.393 e. The molecule has 0 aliphatic carbocycles. The van der Waals surface area contributed by atoms with Gasteiger partial charge in [-0.05, 0) is 25.0 Å². The number of fused-ring (bicyclic) bond motifs is 1. The molecule has 1 fully saturated rings. The summed E-state index contributed by atoms with van der Waals surface area (Å²) < 4.78 is 40.2. The number of nitrogens with zero attached hydrogens (tertiary/aromatic N) is 2. The molecule has 1 saturated heterocycles. The van der Waals surface area contributed by atoms with Crippen LogP contribution in [0.4, 0.5) is 13.2 Å². The van der Waals surface area contributed by atoms with Crippen molar-refractivity contribution in [2.24, 2.45) is 5.92 Å². The van der Waals surface area contributed by atoms with Gasteiger partial charge in [-0.25, -0.2) is 0 Å². The Balaban J connectivity index is 1.80. The molecule has 1 aliphatic rings. The molecular weight excluding hydrogens is 321 g/mol. The predicted molar refractivity (Wildman–Crippen MR) is 83.6 cm³/mol. The minimum absolute atomic E-state index is 0.0637. The van der Waals surface area contributed by atoms with E-state index >= 15 is 0 Å². The zero-order valence-corrected chi connectivity index (χ0v) is 12.9. The molecule has 0 radical (unpaired) electrons. The number of hydrogen-bond acceptors (Lipinski definition) is 2. The Morgan fingerprint density at radius 1 is 1.21 bits per heavy atom. The molecule has 1 aliphatic heterocycles. The minimum atomic E-state index is -4.27. The molecule has 4 nitrogen and oxygen atoms in total. The third-order valence-electron chi connectivity index (χ3n) is 4.43. The number of benzene rings is 1. The van der Waals surface area contributed by atoms with Gasteiger partial charge in [0.2, 0.25) is 5.91 Å². The molecule has 0 bridgehead atoms. The van der Waals surface area contributed by atoms with Crippen molar-refractivity contribution in [3.63, 3.8) is 0 Å². The molecule has 128 valence electrons. The summed E-state index contributed by atoms with van der Waals surface area (Å²) in [5.41, 5.74) is 0.451. The Hall–Kier alpha value is -2.31. The van der Waals surface area contributed by atoms with E-state index in [0.717, 1.165) is 0 Å². The topological polar surface area (TPSA) is 42.3 Å². The summed E-state index contributed by atoms with van der Waals surface area (Å²) >= 11 is 0. The number of halogens is 3. The lowest BCUT2D eigenvalue weighted by Gasteiger charge is -2.34. The normalized spacial score (nSPS) is 18.8. The fourth-order valence-corrected chi connectivity index (χ4v) is 3.11. The van der Waals surface area contributed by atoms with Crippen LogP contribution in [0.2, 0.25) is 0 Å². The molecule has 1 amide bonds. The van der Waals surface area contributed by atoms with Gasteiger partial charge in [0.15, 0.2) is 5.43 Å². The number of para-hydroxylation sites is 1. The zero-order valence-electron chi connectivity index (χ0n) is 12.9. The summed E-state index contributed by atoms with van der Waals surface area (Å²) in [4.78, 5) is 25.5. The van der Waals surface area contributed by atoms with E-state index in [1.807, 2.05) is 0 Å². The number of rotatable bonds is 2. The maximum atomic E-state index is 12.9. The first-order valence-corrected chi connectivity index (χ1v) is 7.79. The highest BCUT2D eigenvalue weighted by Gasteiger charge is 2.42. The number of aromatic nitrogens is 1. The fourth-order valence-electron chi connectivity index (χ4n) is 3.11. The Morgan fingerprint density at radius 2 is 1.96 bits per heavy atom. The zero-order chi connectivity index (χ0) is 17.3. The van der Waals surface area contributed by atoms with Crippen molar-refractivity contribution in [3.8, 4) is 0 Å². The summed E-state index contributed by atoms with van der Waals surface area (Å²) in [5.74, 6) is -1.82. The van der Waals surface area contributed by atoms with E-state index in [2.05, 4.69) is 0 Å². The van der Waals surface area contributed by atoms with E-state index in [1.54, 1.807) is 28.8 Å². The van der Waals surface area contributed by atoms with Gasteiger partial charge in [-0.2, -0.15) is 13.2 Å². The Kier molecular flexibility index (Phi) is 4.34. The first-order chi connectivity index (χ1) is 11.4. The van der Waals surface area contributed by atoms with Crippen LogP contribution in [0, 0.1) is 5.92 Å². The van der Waals surface area contributed by atoms with Crippen LogP contribution in [0.15, 0.2) is 41.3 Å². The van der Waals surface area contributed by atoms with Crippen molar-refractivity contribution in [1.29, 1.82) is 0 Å². The first-order valence-electron chi connectivity index (χ1n) is 7.79. The van der Waals surface area contributed by atoms with Crippen molar-refractivity contribution < 1.29 is 18.0 Å². The highest BCUT2D eigenvalue weighted by Crippen LogP contribution is 2.33. The highest BCUT2D eigenvalue weighted by atomic mass is 19.4. The molecule has 7 heteroatoms. The number of carbonyl (C=O) groups is 1. The van der Waals surface area contributed by atoms with Crippen molar-refractivity contribution >= 4 is 16.8 Å². The Bertz CT molecular complexity index is 813. The summed E-state index contributed by atoms with van der Waals surface area (Å²) in [5, 5.41) is 0.486. The van der Waals surface area contributed by atoms with Gasteiger partial charge in [0.05, 0.1) is 11.4 Å². The lowest BCUT2D eigenvalue weighted by molar-refractivity contribution is -0.188. The van der Waals surface area contributed by atoms with Crippen LogP contribution in [0.3, 0.4) is 0 Å². The SMILES string of the molecule is O=C(Cn1ccc(=O)c2ccccc21)N1CCC[C@H](C(F)(F)F)C1. The van der Waals surface area contributed by atoms with Crippen LogP contribution in [0.5, 0.6) is 0 Å². The Morgan fingerprint density at radius 3 is 2.71 bits per heavy atom. The number of hydrogen-bond donors (Lipinski definition) is 0. The number of piperidine rings is 1. The van der Waals surface area contributed by atoms with E-state index in [9.17, 15) is 22.8 Å². The monoisotopic (exact) mass is 338 g/mol. The van der Waals surface area contributed by atoms with E-state index in [1.165, 1.54) is 17.2 Å². The van der Waals surface area contributed by atoms with Crippen LogP contribution < -0.4 is 5.43 Å². The molecule has 1 atom stereocenters. The molecular formula is C17H17F3N2O2. The first kappa shape index (κ1) is 16.5. The molecule has 1 aromatic heterocycles. The highest BCUT2D eigenvalue weighted by molar-refractivity contribution is 5.82. The predicted octanol–water partition coefficient (Wildman–Crippen LogP) is 2.80. The summed E-state index contributed by atoms with van der Waals surface area (Å²) in [6.45, 7) is -0.0324. The van der Waals surface area contributed by atoms with Crippen molar-refractivity contribution in [2.45, 2.75) is 25.6 Å². The quantitative estimate of drug-likeness (QED) is 0.845. The lowest BCUT2D eigenvalue weighted by Crippen LogP contribution is -2.45. The maximum absolute atomic E-state index is 12.9. The van der Waals surface area contributed by atoms with E-state index in [0.29, 0.717) is 23.9 Å². The second-order valence-electron chi connectivity index (χ2n) is 6.05. The van der Waals surface area contributed by atoms with Crippen molar-refractivity contribution in [1.82, 2.24) is 9.47 Å². The van der Waals surface area contributed by atoms with Gasteiger partial charge in [0.25, 0.3) is 0 Å². The van der Waals surface area contributed by atoms with Crippen LogP contribution in [0.25, 0.3) is 10.9 Å². The van der Waals surface area contributed by atoms with E-state index < -0.39 is 12.1 Å². The van der Waals surface area contributed by atoms with Crippen LogP contribution in [0.1, 0.15) is 12.8 Å². The molecule has 2 aromatic rings. The molecule has 3 rings (SSSR count). The van der Waals surface area contributed by atoms with Gasteiger partial charge in [-0.15, -0.1) is 0 Å².